The van der Waals surface area contributed by atoms with E-state index in [1.54, 1.807) is 13.0 Å². The van der Waals surface area contributed by atoms with Crippen molar-refractivity contribution in [3.8, 4) is 0 Å². The fourth-order valence-electron chi connectivity index (χ4n) is 3.58. The molecule has 2 aromatic heterocycles. The van der Waals surface area contributed by atoms with Gasteiger partial charge in [-0.2, -0.15) is 0 Å². The van der Waals surface area contributed by atoms with Crippen LogP contribution in [0.15, 0.2) is 58.5 Å². The van der Waals surface area contributed by atoms with Crippen LogP contribution in [0.25, 0.3) is 6.08 Å². The Morgan fingerprint density at radius 3 is 2.90 bits per heavy atom. The number of benzene rings is 1. The highest BCUT2D eigenvalue weighted by Crippen LogP contribution is 2.23. The topological polar surface area (TPSA) is 75.4 Å². The molecule has 0 bridgehead atoms. The van der Waals surface area contributed by atoms with E-state index in [0.29, 0.717) is 22.1 Å². The molecule has 1 fully saturated rings. The Balaban J connectivity index is 1.36. The van der Waals surface area contributed by atoms with E-state index >= 15 is 0 Å². The molecule has 0 saturated carbocycles. The summed E-state index contributed by atoms with van der Waals surface area (Å²) in [5.41, 5.74) is 2.28. The molecule has 1 aliphatic heterocycles. The van der Waals surface area contributed by atoms with E-state index in [1.807, 2.05) is 40.6 Å². The molecule has 1 atom stereocenters. The Morgan fingerprint density at radius 2 is 2.13 bits per heavy atom. The molecule has 1 N–H and O–H groups in total. The van der Waals surface area contributed by atoms with Crippen LogP contribution in [0.4, 0.5) is 5.13 Å². The molecule has 6 nitrogen and oxygen atoms in total. The maximum Gasteiger partial charge on any atom is 0.260 e. The van der Waals surface area contributed by atoms with Gasteiger partial charge in [0.05, 0.1) is 30.0 Å². The number of amides is 2. The van der Waals surface area contributed by atoms with Gasteiger partial charge in [0, 0.05) is 11.9 Å². The van der Waals surface area contributed by atoms with E-state index in [9.17, 15) is 9.59 Å². The monoisotopic (exact) mass is 421 g/mol. The van der Waals surface area contributed by atoms with Crippen LogP contribution in [0, 0.1) is 6.92 Å². The van der Waals surface area contributed by atoms with Crippen LogP contribution in [0.2, 0.25) is 0 Å². The summed E-state index contributed by atoms with van der Waals surface area (Å²) in [6.07, 6.45) is 7.86. The number of hydrogen-bond acceptors (Lipinski definition) is 5. The van der Waals surface area contributed by atoms with Crippen molar-refractivity contribution in [2.75, 3.05) is 11.9 Å². The van der Waals surface area contributed by atoms with Gasteiger partial charge >= 0.3 is 0 Å². The fourth-order valence-corrected chi connectivity index (χ4v) is 4.28. The summed E-state index contributed by atoms with van der Waals surface area (Å²) in [6.45, 7) is 2.50. The van der Waals surface area contributed by atoms with Crippen LogP contribution in [0.3, 0.4) is 0 Å². The average molecular weight is 422 g/mol. The average Bonchev–Trinajstić information content (AvgIpc) is 3.48. The maximum absolute atomic E-state index is 12.9. The van der Waals surface area contributed by atoms with E-state index in [0.717, 1.165) is 24.9 Å². The number of nitrogens with zero attached hydrogens (tertiary/aromatic N) is 2. The Kier molecular flexibility index (Phi) is 6.09. The highest BCUT2D eigenvalue weighted by Gasteiger charge is 2.27. The Labute approximate surface area is 179 Å². The van der Waals surface area contributed by atoms with Crippen molar-refractivity contribution < 1.29 is 14.0 Å². The van der Waals surface area contributed by atoms with Crippen molar-refractivity contribution in [2.45, 2.75) is 32.2 Å². The quantitative estimate of drug-likeness (QED) is 0.634. The van der Waals surface area contributed by atoms with E-state index in [1.165, 1.54) is 17.6 Å². The molecule has 154 valence electrons. The minimum Gasteiger partial charge on any atom is -0.469 e. The number of likely N-dealkylation sites (tertiary alicyclic amines) is 1. The number of carbonyl (C=O) groups excluding carboxylic acids is 2. The number of aromatic nitrogens is 1. The minimum atomic E-state index is -0.265. The van der Waals surface area contributed by atoms with Gasteiger partial charge in [0.1, 0.15) is 5.76 Å². The molecule has 1 aromatic carbocycles. The first-order chi connectivity index (χ1) is 14.6. The third-order valence-electron chi connectivity index (χ3n) is 5.14. The minimum absolute atomic E-state index is 0.0593. The van der Waals surface area contributed by atoms with Gasteiger partial charge in [-0.1, -0.05) is 42.5 Å². The summed E-state index contributed by atoms with van der Waals surface area (Å²) in [6, 6.07) is 11.8. The Hall–Kier alpha value is -3.19. The molecule has 4 rings (SSSR count). The van der Waals surface area contributed by atoms with Crippen molar-refractivity contribution in [3.63, 3.8) is 0 Å². The highest BCUT2D eigenvalue weighted by molar-refractivity contribution is 7.14. The van der Waals surface area contributed by atoms with Gasteiger partial charge in [0.15, 0.2) is 5.13 Å². The number of thiazole rings is 1. The largest absolute Gasteiger partial charge is 0.469 e. The first-order valence-corrected chi connectivity index (χ1v) is 10.8. The number of rotatable bonds is 6. The van der Waals surface area contributed by atoms with E-state index < -0.39 is 0 Å². The number of nitrogens with one attached hydrogen (secondary N) is 1. The van der Waals surface area contributed by atoms with Crippen molar-refractivity contribution in [1.29, 1.82) is 0 Å². The molecule has 1 unspecified atom stereocenters. The van der Waals surface area contributed by atoms with Crippen molar-refractivity contribution in [3.05, 3.63) is 76.7 Å². The second kappa shape index (κ2) is 9.09. The number of hydrogen-bond donors (Lipinski definition) is 1. The van der Waals surface area contributed by atoms with Crippen molar-refractivity contribution >= 4 is 34.4 Å². The molecule has 30 heavy (non-hydrogen) atoms. The molecule has 3 aromatic rings. The van der Waals surface area contributed by atoms with E-state index in [-0.39, 0.29) is 24.3 Å². The van der Waals surface area contributed by atoms with E-state index in [4.69, 9.17) is 4.42 Å². The summed E-state index contributed by atoms with van der Waals surface area (Å²) >= 11 is 1.32. The molecular weight excluding hydrogens is 398 g/mol. The zero-order valence-corrected chi connectivity index (χ0v) is 17.5. The Morgan fingerprint density at radius 1 is 1.30 bits per heavy atom. The zero-order valence-electron chi connectivity index (χ0n) is 16.7. The normalized spacial score (nSPS) is 16.3. The molecule has 1 saturated heterocycles. The van der Waals surface area contributed by atoms with Crippen LogP contribution in [-0.4, -0.2) is 34.3 Å². The lowest BCUT2D eigenvalue weighted by Crippen LogP contribution is -2.35. The predicted molar refractivity (Wildman–Crippen MR) is 117 cm³/mol. The lowest BCUT2D eigenvalue weighted by molar-refractivity contribution is -0.130. The van der Waals surface area contributed by atoms with Crippen molar-refractivity contribution in [1.82, 2.24) is 9.88 Å². The number of aryl methyl sites for hydroxylation is 1. The third-order valence-corrected chi connectivity index (χ3v) is 5.94. The van der Waals surface area contributed by atoms with Crippen LogP contribution in [0.1, 0.15) is 40.2 Å². The smallest absolute Gasteiger partial charge is 0.260 e. The van der Waals surface area contributed by atoms with Gasteiger partial charge in [-0.25, -0.2) is 4.98 Å². The highest BCUT2D eigenvalue weighted by atomic mass is 32.1. The molecule has 0 radical (unpaired) electrons. The number of carbonyl (C=O) groups is 2. The summed E-state index contributed by atoms with van der Waals surface area (Å²) < 4.78 is 5.16. The first-order valence-electron chi connectivity index (χ1n) is 9.93. The van der Waals surface area contributed by atoms with Crippen LogP contribution < -0.4 is 5.32 Å². The van der Waals surface area contributed by atoms with Gasteiger partial charge in [-0.05, 0) is 31.4 Å². The van der Waals surface area contributed by atoms with Crippen LogP contribution >= 0.6 is 11.3 Å². The van der Waals surface area contributed by atoms with Gasteiger partial charge in [-0.15, -0.1) is 11.3 Å². The summed E-state index contributed by atoms with van der Waals surface area (Å²) in [7, 11) is 0. The lowest BCUT2D eigenvalue weighted by atomic mass is 10.1. The second-order valence-corrected chi connectivity index (χ2v) is 8.09. The standard InChI is InChI=1S/C23H23N3O3S/c1-16-20(11-13-29-16)22(28)25-23-24-18(15-30-23)14-21(27)26-12-5-8-19(26)10-9-17-6-3-2-4-7-17/h2-4,6-7,9-11,13,15,19H,5,8,12,14H2,1H3,(H,24,25,28)/b10-9+. The lowest BCUT2D eigenvalue weighted by Gasteiger charge is -2.22. The van der Waals surface area contributed by atoms with Gasteiger partial charge in [0.25, 0.3) is 5.91 Å². The molecular formula is C23H23N3O3S. The number of furan rings is 1. The second-order valence-electron chi connectivity index (χ2n) is 7.23. The van der Waals surface area contributed by atoms with Crippen LogP contribution in [-0.2, 0) is 11.2 Å². The SMILES string of the molecule is Cc1occc1C(=O)Nc1nc(CC(=O)N2CCCC2/C=C/c2ccccc2)cs1. The molecule has 3 heterocycles. The Bertz CT molecular complexity index is 1050. The van der Waals surface area contributed by atoms with Crippen molar-refractivity contribution in [2.24, 2.45) is 0 Å². The molecule has 1 aliphatic rings. The summed E-state index contributed by atoms with van der Waals surface area (Å²) in [5, 5.41) is 5.07. The first kappa shape index (κ1) is 20.1. The molecule has 0 aliphatic carbocycles. The summed E-state index contributed by atoms with van der Waals surface area (Å²) in [4.78, 5) is 31.5. The molecule has 0 spiro atoms. The summed E-state index contributed by atoms with van der Waals surface area (Å²) in [5.74, 6) is 0.353. The molecule has 2 amide bonds. The van der Waals surface area contributed by atoms with Gasteiger partial charge < -0.3 is 9.32 Å². The molecule has 7 heteroatoms. The third kappa shape index (κ3) is 4.68. The maximum atomic E-state index is 12.9. The number of anilines is 1. The van der Waals surface area contributed by atoms with Crippen LogP contribution in [0.5, 0.6) is 0 Å². The van der Waals surface area contributed by atoms with Gasteiger partial charge in [0.2, 0.25) is 5.91 Å². The predicted octanol–water partition coefficient (Wildman–Crippen LogP) is 4.54. The fraction of sp³-hybridized carbons (Fsp3) is 0.261. The van der Waals surface area contributed by atoms with Gasteiger partial charge in [-0.3, -0.25) is 14.9 Å². The van der Waals surface area contributed by atoms with E-state index in [2.05, 4.69) is 22.5 Å². The zero-order chi connectivity index (χ0) is 20.9.